The van der Waals surface area contributed by atoms with Crippen molar-refractivity contribution in [2.24, 2.45) is 0 Å². The van der Waals surface area contributed by atoms with Gasteiger partial charge in [0.25, 0.3) is 0 Å². The fourth-order valence-electron chi connectivity index (χ4n) is 2.81. The van der Waals surface area contributed by atoms with Gasteiger partial charge >= 0.3 is 0 Å². The SMILES string of the molecule is CCC1CC(Nc2ccc3oc(C(C)C)nc3c2)CCO1. The van der Waals surface area contributed by atoms with E-state index in [-0.39, 0.29) is 0 Å². The molecule has 1 N–H and O–H groups in total. The Morgan fingerprint density at radius 3 is 3.00 bits per heavy atom. The minimum atomic E-state index is 0.314. The maximum atomic E-state index is 5.75. The molecule has 4 heteroatoms. The summed E-state index contributed by atoms with van der Waals surface area (Å²) >= 11 is 0. The Morgan fingerprint density at radius 2 is 2.24 bits per heavy atom. The second-order valence-electron chi connectivity index (χ2n) is 6.16. The number of ether oxygens (including phenoxy) is 1. The third-order valence-corrected chi connectivity index (χ3v) is 4.09. The first kappa shape index (κ1) is 14.4. The molecular formula is C17H24N2O2. The molecule has 1 aliphatic heterocycles. The molecule has 1 aliphatic rings. The van der Waals surface area contributed by atoms with Gasteiger partial charge in [-0.1, -0.05) is 20.8 Å². The molecule has 114 valence electrons. The largest absolute Gasteiger partial charge is 0.440 e. The van der Waals surface area contributed by atoms with E-state index in [1.807, 2.05) is 6.07 Å². The summed E-state index contributed by atoms with van der Waals surface area (Å²) in [5, 5.41) is 3.61. The van der Waals surface area contributed by atoms with Crippen molar-refractivity contribution < 1.29 is 9.15 Å². The predicted octanol–water partition coefficient (Wildman–Crippen LogP) is 4.32. The van der Waals surface area contributed by atoms with Crippen LogP contribution in [0.15, 0.2) is 22.6 Å². The number of fused-ring (bicyclic) bond motifs is 1. The molecule has 1 aromatic carbocycles. The van der Waals surface area contributed by atoms with Crippen molar-refractivity contribution in [3.8, 4) is 0 Å². The quantitative estimate of drug-likeness (QED) is 0.910. The van der Waals surface area contributed by atoms with E-state index in [1.165, 1.54) is 0 Å². The molecule has 0 aliphatic carbocycles. The van der Waals surface area contributed by atoms with Crippen molar-refractivity contribution >= 4 is 16.8 Å². The van der Waals surface area contributed by atoms with E-state index < -0.39 is 0 Å². The number of hydrogen-bond donors (Lipinski definition) is 1. The van der Waals surface area contributed by atoms with Crippen molar-refractivity contribution in [3.63, 3.8) is 0 Å². The Balaban J connectivity index is 1.74. The van der Waals surface area contributed by atoms with Crippen LogP contribution < -0.4 is 5.32 Å². The van der Waals surface area contributed by atoms with Crippen LogP contribution in [-0.4, -0.2) is 23.7 Å². The fourth-order valence-corrected chi connectivity index (χ4v) is 2.81. The standard InChI is InChI=1S/C17H24N2O2/c1-4-14-9-13(7-8-20-14)18-12-5-6-16-15(10-12)19-17(21-16)11(2)3/h5-6,10-11,13-14,18H,4,7-9H2,1-3H3. The molecule has 1 aromatic heterocycles. The van der Waals surface area contributed by atoms with Gasteiger partial charge in [0.2, 0.25) is 0 Å². The lowest BCUT2D eigenvalue weighted by atomic mass is 10.0. The summed E-state index contributed by atoms with van der Waals surface area (Å²) < 4.78 is 11.5. The molecule has 3 rings (SSSR count). The first-order chi connectivity index (χ1) is 10.2. The maximum absolute atomic E-state index is 5.75. The molecule has 1 saturated heterocycles. The first-order valence-electron chi connectivity index (χ1n) is 7.94. The van der Waals surface area contributed by atoms with Crippen molar-refractivity contribution in [1.82, 2.24) is 4.98 Å². The maximum Gasteiger partial charge on any atom is 0.198 e. The van der Waals surface area contributed by atoms with Gasteiger partial charge in [-0.2, -0.15) is 0 Å². The van der Waals surface area contributed by atoms with Crippen LogP contribution in [0, 0.1) is 0 Å². The predicted molar refractivity (Wildman–Crippen MR) is 84.8 cm³/mol. The molecule has 0 spiro atoms. The summed E-state index contributed by atoms with van der Waals surface area (Å²) in [5.41, 5.74) is 2.92. The normalized spacial score (nSPS) is 22.9. The van der Waals surface area contributed by atoms with E-state index >= 15 is 0 Å². The molecule has 2 heterocycles. The zero-order chi connectivity index (χ0) is 14.8. The number of nitrogens with zero attached hydrogens (tertiary/aromatic N) is 1. The van der Waals surface area contributed by atoms with Crippen LogP contribution in [0.1, 0.15) is 51.8 Å². The average molecular weight is 288 g/mol. The van der Waals surface area contributed by atoms with Gasteiger partial charge in [-0.25, -0.2) is 4.98 Å². The van der Waals surface area contributed by atoms with Crippen LogP contribution in [-0.2, 0) is 4.74 Å². The number of aromatic nitrogens is 1. The average Bonchev–Trinajstić information content (AvgIpc) is 2.91. The molecule has 1 fully saturated rings. The summed E-state index contributed by atoms with van der Waals surface area (Å²) in [6, 6.07) is 6.65. The topological polar surface area (TPSA) is 47.3 Å². The first-order valence-corrected chi connectivity index (χ1v) is 7.94. The van der Waals surface area contributed by atoms with Gasteiger partial charge in [0.05, 0.1) is 6.10 Å². The van der Waals surface area contributed by atoms with Crippen molar-refractivity contribution in [3.05, 3.63) is 24.1 Å². The van der Waals surface area contributed by atoms with Crippen molar-refractivity contribution in [1.29, 1.82) is 0 Å². The highest BCUT2D eigenvalue weighted by atomic mass is 16.5. The zero-order valence-corrected chi connectivity index (χ0v) is 13.1. The number of oxazole rings is 1. The monoisotopic (exact) mass is 288 g/mol. The molecule has 4 nitrogen and oxygen atoms in total. The zero-order valence-electron chi connectivity index (χ0n) is 13.1. The number of hydrogen-bond acceptors (Lipinski definition) is 4. The Labute approximate surface area is 125 Å². The van der Waals surface area contributed by atoms with Crippen LogP contribution in [0.2, 0.25) is 0 Å². The molecule has 2 atom stereocenters. The molecule has 0 radical (unpaired) electrons. The van der Waals surface area contributed by atoms with Crippen molar-refractivity contribution in [2.45, 2.75) is 58.1 Å². The van der Waals surface area contributed by atoms with Gasteiger partial charge in [-0.05, 0) is 37.5 Å². The number of rotatable bonds is 4. The van der Waals surface area contributed by atoms with E-state index in [1.54, 1.807) is 0 Å². The summed E-state index contributed by atoms with van der Waals surface area (Å²) in [6.45, 7) is 7.22. The highest BCUT2D eigenvalue weighted by Gasteiger charge is 2.21. The van der Waals surface area contributed by atoms with E-state index in [0.717, 1.165) is 48.5 Å². The second-order valence-corrected chi connectivity index (χ2v) is 6.16. The molecule has 2 aromatic rings. The fraction of sp³-hybridized carbons (Fsp3) is 0.588. The van der Waals surface area contributed by atoms with E-state index in [9.17, 15) is 0 Å². The Morgan fingerprint density at radius 1 is 1.38 bits per heavy atom. The van der Waals surface area contributed by atoms with Crippen LogP contribution >= 0.6 is 0 Å². The smallest absolute Gasteiger partial charge is 0.198 e. The van der Waals surface area contributed by atoms with E-state index in [2.05, 4.69) is 43.2 Å². The third kappa shape index (κ3) is 3.21. The number of anilines is 1. The van der Waals surface area contributed by atoms with Crippen LogP contribution in [0.5, 0.6) is 0 Å². The third-order valence-electron chi connectivity index (χ3n) is 4.09. The van der Waals surface area contributed by atoms with Gasteiger partial charge in [0.15, 0.2) is 11.5 Å². The lowest BCUT2D eigenvalue weighted by molar-refractivity contribution is 0.00926. The Bertz CT molecular complexity index is 606. The van der Waals surface area contributed by atoms with Gasteiger partial charge in [0.1, 0.15) is 5.52 Å². The highest BCUT2D eigenvalue weighted by molar-refractivity contribution is 5.77. The Kier molecular flexibility index (Phi) is 4.15. The van der Waals surface area contributed by atoms with E-state index in [0.29, 0.717) is 18.1 Å². The number of nitrogens with one attached hydrogen (secondary N) is 1. The minimum Gasteiger partial charge on any atom is -0.440 e. The molecule has 0 saturated carbocycles. The molecule has 0 bridgehead atoms. The lowest BCUT2D eigenvalue weighted by Gasteiger charge is -2.30. The summed E-state index contributed by atoms with van der Waals surface area (Å²) in [4.78, 5) is 4.57. The summed E-state index contributed by atoms with van der Waals surface area (Å²) in [5.74, 6) is 1.12. The lowest BCUT2D eigenvalue weighted by Crippen LogP contribution is -2.33. The second kappa shape index (κ2) is 6.06. The minimum absolute atomic E-state index is 0.314. The molecule has 0 amide bonds. The van der Waals surface area contributed by atoms with Crippen molar-refractivity contribution in [2.75, 3.05) is 11.9 Å². The van der Waals surface area contributed by atoms with Crippen LogP contribution in [0.4, 0.5) is 5.69 Å². The van der Waals surface area contributed by atoms with Crippen LogP contribution in [0.3, 0.4) is 0 Å². The van der Waals surface area contributed by atoms with Gasteiger partial charge in [0, 0.05) is 24.3 Å². The van der Waals surface area contributed by atoms with Crippen LogP contribution in [0.25, 0.3) is 11.1 Å². The highest BCUT2D eigenvalue weighted by Crippen LogP contribution is 2.26. The van der Waals surface area contributed by atoms with Gasteiger partial charge < -0.3 is 14.5 Å². The summed E-state index contributed by atoms with van der Waals surface area (Å²) in [7, 11) is 0. The van der Waals surface area contributed by atoms with Gasteiger partial charge in [-0.15, -0.1) is 0 Å². The molecular weight excluding hydrogens is 264 g/mol. The number of benzene rings is 1. The van der Waals surface area contributed by atoms with Gasteiger partial charge in [-0.3, -0.25) is 0 Å². The molecule has 21 heavy (non-hydrogen) atoms. The molecule has 2 unspecified atom stereocenters. The summed E-state index contributed by atoms with van der Waals surface area (Å²) in [6.07, 6.45) is 3.60. The van der Waals surface area contributed by atoms with E-state index in [4.69, 9.17) is 9.15 Å². The Hall–Kier alpha value is -1.55.